The van der Waals surface area contributed by atoms with Crippen LogP contribution in [0.1, 0.15) is 44.7 Å². The Labute approximate surface area is 176 Å². The topological polar surface area (TPSA) is 97.0 Å². The number of pyridine rings is 1. The number of hydrogen-bond donors (Lipinski definition) is 1. The van der Waals surface area contributed by atoms with Crippen molar-refractivity contribution in [2.45, 2.75) is 50.2 Å². The van der Waals surface area contributed by atoms with Gasteiger partial charge in [0.15, 0.2) is 5.03 Å². The molecule has 0 unspecified atom stereocenters. The second kappa shape index (κ2) is 7.74. The predicted molar refractivity (Wildman–Crippen MR) is 115 cm³/mol. The number of aromatic nitrogens is 2. The summed E-state index contributed by atoms with van der Waals surface area (Å²) in [5, 5.41) is 10.8. The van der Waals surface area contributed by atoms with Crippen molar-refractivity contribution in [2.24, 2.45) is 0 Å². The molecule has 1 fully saturated rings. The minimum atomic E-state index is -3.68. The second-order valence-electron chi connectivity index (χ2n) is 7.83. The lowest BCUT2D eigenvalue weighted by Crippen LogP contribution is -2.30. The fourth-order valence-corrected chi connectivity index (χ4v) is 5.07. The van der Waals surface area contributed by atoms with Crippen LogP contribution in [0.3, 0.4) is 0 Å². The van der Waals surface area contributed by atoms with E-state index in [9.17, 15) is 13.7 Å². The molecular formula is C22H24N4O3S. The summed E-state index contributed by atoms with van der Waals surface area (Å²) in [4.78, 5) is 4.21. The number of benzene rings is 1. The molecule has 0 aliphatic heterocycles. The molecule has 0 saturated heterocycles. The first kappa shape index (κ1) is 20.4. The van der Waals surface area contributed by atoms with Gasteiger partial charge in [0.05, 0.1) is 23.9 Å². The summed E-state index contributed by atoms with van der Waals surface area (Å²) in [6.07, 6.45) is 4.76. The van der Waals surface area contributed by atoms with Crippen molar-refractivity contribution < 1.29 is 13.2 Å². The van der Waals surface area contributed by atoms with Crippen LogP contribution < -0.4 is 9.46 Å². The quantitative estimate of drug-likeness (QED) is 0.645. The maximum atomic E-state index is 12.4. The summed E-state index contributed by atoms with van der Waals surface area (Å²) in [7, 11) is -2.05. The number of fused-ring (bicyclic) bond motifs is 1. The van der Waals surface area contributed by atoms with E-state index in [0.717, 1.165) is 47.2 Å². The molecule has 1 aliphatic carbocycles. The number of nitrogens with one attached hydrogen (secondary N) is 1. The van der Waals surface area contributed by atoms with Gasteiger partial charge in [-0.2, -0.15) is 5.26 Å². The van der Waals surface area contributed by atoms with Gasteiger partial charge < -0.3 is 9.30 Å². The Kier molecular flexibility index (Phi) is 5.26. The third kappa shape index (κ3) is 3.44. The molecule has 7 nitrogen and oxygen atoms in total. The van der Waals surface area contributed by atoms with Gasteiger partial charge in [-0.25, -0.2) is 18.1 Å². The van der Waals surface area contributed by atoms with Crippen LogP contribution in [0.25, 0.3) is 22.2 Å². The summed E-state index contributed by atoms with van der Waals surface area (Å²) in [6, 6.07) is 11.3. The van der Waals surface area contributed by atoms with E-state index >= 15 is 0 Å². The lowest BCUT2D eigenvalue weighted by molar-refractivity contribution is 0.324. The summed E-state index contributed by atoms with van der Waals surface area (Å²) in [5.41, 5.74) is 3.01. The van der Waals surface area contributed by atoms with Crippen molar-refractivity contribution in [3.8, 4) is 23.1 Å². The molecule has 8 heteroatoms. The van der Waals surface area contributed by atoms with Gasteiger partial charge in [0, 0.05) is 35.3 Å². The molecule has 1 aliphatic rings. The van der Waals surface area contributed by atoms with Crippen LogP contribution in [-0.2, 0) is 10.0 Å². The number of hydrogen-bond acceptors (Lipinski definition) is 5. The largest absolute Gasteiger partial charge is 0.497 e. The normalized spacial score (nSPS) is 14.6. The highest BCUT2D eigenvalue weighted by Gasteiger charge is 2.28. The molecule has 1 aromatic carbocycles. The van der Waals surface area contributed by atoms with E-state index in [1.165, 1.54) is 12.3 Å². The van der Waals surface area contributed by atoms with E-state index in [1.807, 2.05) is 18.2 Å². The molecule has 0 amide bonds. The third-order valence-corrected chi connectivity index (χ3v) is 7.01. The zero-order valence-corrected chi connectivity index (χ0v) is 18.0. The van der Waals surface area contributed by atoms with Crippen LogP contribution in [0, 0.1) is 11.3 Å². The van der Waals surface area contributed by atoms with E-state index in [4.69, 9.17) is 4.74 Å². The molecule has 2 heterocycles. The molecule has 0 spiro atoms. The third-order valence-electron chi connectivity index (χ3n) is 5.44. The number of sulfonamides is 1. The van der Waals surface area contributed by atoms with Gasteiger partial charge >= 0.3 is 0 Å². The van der Waals surface area contributed by atoms with Crippen molar-refractivity contribution >= 4 is 20.9 Å². The Morgan fingerprint density at radius 3 is 2.57 bits per heavy atom. The minimum Gasteiger partial charge on any atom is -0.497 e. The zero-order chi connectivity index (χ0) is 21.5. The van der Waals surface area contributed by atoms with Crippen molar-refractivity contribution in [1.29, 1.82) is 5.26 Å². The van der Waals surface area contributed by atoms with Crippen LogP contribution >= 0.6 is 0 Å². The molecule has 1 saturated carbocycles. The average molecular weight is 425 g/mol. The highest BCUT2D eigenvalue weighted by Crippen LogP contribution is 2.43. The Balaban J connectivity index is 1.89. The van der Waals surface area contributed by atoms with Crippen molar-refractivity contribution in [3.63, 3.8) is 0 Å². The van der Waals surface area contributed by atoms with Crippen LogP contribution in [0.15, 0.2) is 41.6 Å². The van der Waals surface area contributed by atoms with Crippen LogP contribution in [-0.4, -0.2) is 31.1 Å². The number of ether oxygens (including phenoxy) is 1. The second-order valence-corrected chi connectivity index (χ2v) is 9.50. The lowest BCUT2D eigenvalue weighted by Gasteiger charge is -2.30. The van der Waals surface area contributed by atoms with Crippen LogP contribution in [0.4, 0.5) is 0 Å². The maximum absolute atomic E-state index is 12.4. The van der Waals surface area contributed by atoms with Gasteiger partial charge in [0.25, 0.3) is 10.0 Å². The Morgan fingerprint density at radius 2 is 2.03 bits per heavy atom. The molecule has 4 rings (SSSR count). The van der Waals surface area contributed by atoms with Gasteiger partial charge in [-0.3, -0.25) is 0 Å². The molecule has 0 bridgehead atoms. The van der Waals surface area contributed by atoms with Crippen LogP contribution in [0.5, 0.6) is 5.75 Å². The van der Waals surface area contributed by atoms with Crippen molar-refractivity contribution in [2.75, 3.05) is 7.11 Å². The Hall–Kier alpha value is -2.89. The minimum absolute atomic E-state index is 0.0357. The fraction of sp³-hybridized carbons (Fsp3) is 0.364. The van der Waals surface area contributed by atoms with E-state index in [0.29, 0.717) is 11.6 Å². The zero-order valence-electron chi connectivity index (χ0n) is 17.2. The SMILES string of the molecule is COc1ccc2c(C#N)c(-c3ccc(S(=O)(=O)NC(C)C)nc3)n(C3CCC3)c2c1. The lowest BCUT2D eigenvalue weighted by atomic mass is 9.92. The number of nitriles is 1. The summed E-state index contributed by atoms with van der Waals surface area (Å²) < 4.78 is 35.0. The van der Waals surface area contributed by atoms with Gasteiger partial charge in [0.2, 0.25) is 0 Å². The number of rotatable bonds is 6. The van der Waals surface area contributed by atoms with Crippen molar-refractivity contribution in [1.82, 2.24) is 14.3 Å². The first-order chi connectivity index (χ1) is 14.4. The van der Waals surface area contributed by atoms with Crippen molar-refractivity contribution in [3.05, 3.63) is 42.1 Å². The van der Waals surface area contributed by atoms with E-state index in [2.05, 4.69) is 20.3 Å². The predicted octanol–water partition coefficient (Wildman–Crippen LogP) is 4.00. The van der Waals surface area contributed by atoms with Gasteiger partial charge in [-0.1, -0.05) is 0 Å². The molecular weight excluding hydrogens is 400 g/mol. The van der Waals surface area contributed by atoms with E-state index < -0.39 is 10.0 Å². The molecule has 2 aromatic heterocycles. The first-order valence-electron chi connectivity index (χ1n) is 9.96. The molecule has 30 heavy (non-hydrogen) atoms. The van der Waals surface area contributed by atoms with Gasteiger partial charge in [-0.05, 0) is 57.4 Å². The summed E-state index contributed by atoms with van der Waals surface area (Å²) in [5.74, 6) is 0.732. The fourth-order valence-electron chi connectivity index (χ4n) is 3.89. The van der Waals surface area contributed by atoms with E-state index in [1.54, 1.807) is 27.0 Å². The molecule has 0 radical (unpaired) electrons. The highest BCUT2D eigenvalue weighted by atomic mass is 32.2. The molecule has 0 atom stereocenters. The Bertz CT molecular complexity index is 1230. The average Bonchev–Trinajstić information content (AvgIpc) is 2.99. The summed E-state index contributed by atoms with van der Waals surface area (Å²) in [6.45, 7) is 3.52. The smallest absolute Gasteiger partial charge is 0.258 e. The first-order valence-corrected chi connectivity index (χ1v) is 11.4. The highest BCUT2D eigenvalue weighted by molar-refractivity contribution is 7.89. The van der Waals surface area contributed by atoms with E-state index in [-0.39, 0.29) is 11.1 Å². The Morgan fingerprint density at radius 1 is 1.27 bits per heavy atom. The van der Waals surface area contributed by atoms with Gasteiger partial charge in [-0.15, -0.1) is 0 Å². The standard InChI is InChI=1S/C22H24N4O3S/c1-14(2)25-30(27,28)21-10-7-15(13-24-21)22-19(12-23)18-9-8-17(29-3)11-20(18)26(22)16-5-4-6-16/h7-11,13-14,16,25H,4-6H2,1-3H3. The molecule has 3 aromatic rings. The molecule has 1 N–H and O–H groups in total. The number of nitrogens with zero attached hydrogens (tertiary/aromatic N) is 3. The summed E-state index contributed by atoms with van der Waals surface area (Å²) >= 11 is 0. The number of methoxy groups -OCH3 is 1. The molecule has 156 valence electrons. The maximum Gasteiger partial charge on any atom is 0.258 e. The van der Waals surface area contributed by atoms with Gasteiger partial charge in [0.1, 0.15) is 11.8 Å². The monoisotopic (exact) mass is 424 g/mol. The van der Waals surface area contributed by atoms with Crippen LogP contribution in [0.2, 0.25) is 0 Å².